The molecule has 1 amide bonds. The summed E-state index contributed by atoms with van der Waals surface area (Å²) in [6, 6.07) is 14.7. The quantitative estimate of drug-likeness (QED) is 0.380. The van der Waals surface area contributed by atoms with E-state index in [1.807, 2.05) is 19.9 Å². The van der Waals surface area contributed by atoms with Gasteiger partial charge in [0, 0.05) is 10.7 Å². The van der Waals surface area contributed by atoms with Crippen molar-refractivity contribution in [2.24, 2.45) is 0 Å². The zero-order valence-electron chi connectivity index (χ0n) is 18.7. The molecule has 8 heteroatoms. The molecule has 4 rings (SSSR count). The molecule has 4 nitrogen and oxygen atoms in total. The van der Waals surface area contributed by atoms with E-state index >= 15 is 0 Å². The number of alkyl halides is 3. The van der Waals surface area contributed by atoms with Crippen LogP contribution in [0.25, 0.3) is 0 Å². The number of fused-ring (bicyclic) bond motifs is 1. The average molecular weight is 490 g/mol. The van der Waals surface area contributed by atoms with Crippen LogP contribution in [0.5, 0.6) is 11.5 Å². The Labute approximate surface area is 200 Å². The van der Waals surface area contributed by atoms with Crippen LogP contribution in [0.15, 0.2) is 60.7 Å². The molecule has 0 aromatic heterocycles. The van der Waals surface area contributed by atoms with Crippen LogP contribution in [0.2, 0.25) is 5.02 Å². The minimum absolute atomic E-state index is 0.0160. The van der Waals surface area contributed by atoms with Crippen molar-refractivity contribution in [1.29, 1.82) is 0 Å². The number of carbonyl (C=O) groups excluding carboxylic acids is 1. The van der Waals surface area contributed by atoms with E-state index in [1.165, 1.54) is 17.0 Å². The van der Waals surface area contributed by atoms with E-state index in [1.54, 1.807) is 30.3 Å². The Balaban J connectivity index is 1.92. The molecule has 0 bridgehead atoms. The number of halogens is 4. The Kier molecular flexibility index (Phi) is 6.75. The van der Waals surface area contributed by atoms with Gasteiger partial charge in [-0.1, -0.05) is 29.8 Å². The van der Waals surface area contributed by atoms with Gasteiger partial charge in [-0.2, -0.15) is 13.2 Å². The smallest absolute Gasteiger partial charge is 0.416 e. The van der Waals surface area contributed by atoms with E-state index in [4.69, 9.17) is 21.1 Å². The Hall–Kier alpha value is -3.19. The molecule has 0 radical (unpaired) electrons. The first-order valence-electron chi connectivity index (χ1n) is 10.9. The number of nitrogens with zero attached hydrogens (tertiary/aromatic N) is 1. The zero-order valence-corrected chi connectivity index (χ0v) is 19.4. The van der Waals surface area contributed by atoms with E-state index in [0.29, 0.717) is 35.3 Å². The van der Waals surface area contributed by atoms with Gasteiger partial charge in [0.2, 0.25) is 5.91 Å². The molecule has 1 aliphatic rings. The molecular formula is C26H23ClF3NO3. The molecule has 1 atom stereocenters. The summed E-state index contributed by atoms with van der Waals surface area (Å²) in [4.78, 5) is 14.8. The number of benzene rings is 3. The summed E-state index contributed by atoms with van der Waals surface area (Å²) < 4.78 is 51.8. The summed E-state index contributed by atoms with van der Waals surface area (Å²) in [5, 5.41) is 0.512. The van der Waals surface area contributed by atoms with Crippen LogP contribution in [-0.4, -0.2) is 19.1 Å². The minimum atomic E-state index is -4.53. The fraction of sp³-hybridized carbons (Fsp3) is 0.269. The van der Waals surface area contributed by atoms with E-state index in [2.05, 4.69) is 0 Å². The van der Waals surface area contributed by atoms with Crippen LogP contribution in [-0.2, 0) is 17.4 Å². The van der Waals surface area contributed by atoms with Crippen molar-refractivity contribution in [3.05, 3.63) is 87.9 Å². The van der Waals surface area contributed by atoms with Crippen LogP contribution in [0.3, 0.4) is 0 Å². The topological polar surface area (TPSA) is 38.8 Å². The Morgan fingerprint density at radius 3 is 2.24 bits per heavy atom. The van der Waals surface area contributed by atoms with E-state index < -0.39 is 17.8 Å². The van der Waals surface area contributed by atoms with Crippen molar-refractivity contribution in [3.8, 4) is 11.5 Å². The predicted molar refractivity (Wildman–Crippen MR) is 125 cm³/mol. The number of ether oxygens (including phenoxy) is 2. The molecule has 0 fully saturated rings. The molecule has 3 aromatic carbocycles. The summed E-state index contributed by atoms with van der Waals surface area (Å²) in [6.45, 7) is 4.53. The maximum absolute atomic E-state index is 13.4. The summed E-state index contributed by atoms with van der Waals surface area (Å²) in [5.74, 6) is 0.720. The molecule has 178 valence electrons. The lowest BCUT2D eigenvalue weighted by molar-refractivity contribution is -0.137. The lowest BCUT2D eigenvalue weighted by atomic mass is 9.86. The van der Waals surface area contributed by atoms with E-state index in [-0.39, 0.29) is 18.0 Å². The van der Waals surface area contributed by atoms with Gasteiger partial charge in [0.05, 0.1) is 31.2 Å². The van der Waals surface area contributed by atoms with Crippen molar-refractivity contribution < 1.29 is 27.4 Å². The maximum atomic E-state index is 13.4. The molecule has 3 aromatic rings. The number of carbonyl (C=O) groups is 1. The largest absolute Gasteiger partial charge is 0.490 e. The molecule has 1 aliphatic heterocycles. The van der Waals surface area contributed by atoms with Crippen molar-refractivity contribution >= 4 is 23.2 Å². The van der Waals surface area contributed by atoms with Crippen LogP contribution >= 0.6 is 11.6 Å². The molecule has 0 aliphatic carbocycles. The Morgan fingerprint density at radius 2 is 1.62 bits per heavy atom. The van der Waals surface area contributed by atoms with Gasteiger partial charge in [0.15, 0.2) is 11.5 Å². The first-order chi connectivity index (χ1) is 16.2. The number of rotatable bonds is 6. The number of hydrogen-bond acceptors (Lipinski definition) is 3. The van der Waals surface area contributed by atoms with Crippen LogP contribution < -0.4 is 14.4 Å². The van der Waals surface area contributed by atoms with Crippen molar-refractivity contribution in [2.45, 2.75) is 32.5 Å². The Bertz CT molecular complexity index is 1190. The maximum Gasteiger partial charge on any atom is 0.416 e. The summed E-state index contributed by atoms with van der Waals surface area (Å²) in [6.07, 6.45) is -4.51. The van der Waals surface area contributed by atoms with Gasteiger partial charge in [0.1, 0.15) is 0 Å². The van der Waals surface area contributed by atoms with Crippen LogP contribution in [0.4, 0.5) is 18.9 Å². The first-order valence-corrected chi connectivity index (χ1v) is 11.3. The fourth-order valence-corrected chi connectivity index (χ4v) is 4.32. The highest BCUT2D eigenvalue weighted by Crippen LogP contribution is 2.44. The molecule has 0 saturated carbocycles. The Morgan fingerprint density at radius 1 is 0.971 bits per heavy atom. The first kappa shape index (κ1) is 24.0. The molecule has 0 saturated heterocycles. The second-order valence-electron chi connectivity index (χ2n) is 7.81. The normalized spacial score (nSPS) is 15.8. The third kappa shape index (κ3) is 4.71. The predicted octanol–water partition coefficient (Wildman–Crippen LogP) is 6.83. The third-order valence-corrected chi connectivity index (χ3v) is 5.86. The number of hydrogen-bond donors (Lipinski definition) is 0. The molecule has 34 heavy (non-hydrogen) atoms. The average Bonchev–Trinajstić information content (AvgIpc) is 2.79. The van der Waals surface area contributed by atoms with Gasteiger partial charge >= 0.3 is 6.18 Å². The molecular weight excluding hydrogens is 467 g/mol. The second kappa shape index (κ2) is 9.58. The third-order valence-electron chi connectivity index (χ3n) is 5.61. The van der Waals surface area contributed by atoms with Gasteiger partial charge in [-0.15, -0.1) is 0 Å². The van der Waals surface area contributed by atoms with Crippen molar-refractivity contribution in [2.75, 3.05) is 18.1 Å². The molecule has 1 heterocycles. The highest BCUT2D eigenvalue weighted by atomic mass is 35.5. The van der Waals surface area contributed by atoms with E-state index in [9.17, 15) is 18.0 Å². The molecule has 0 spiro atoms. The van der Waals surface area contributed by atoms with Gasteiger partial charge < -0.3 is 14.4 Å². The van der Waals surface area contributed by atoms with Gasteiger partial charge in [0.25, 0.3) is 0 Å². The van der Waals surface area contributed by atoms with Crippen LogP contribution in [0, 0.1) is 0 Å². The minimum Gasteiger partial charge on any atom is -0.490 e. The van der Waals surface area contributed by atoms with Gasteiger partial charge in [-0.25, -0.2) is 0 Å². The number of amides is 1. The monoisotopic (exact) mass is 489 g/mol. The number of anilines is 1. The van der Waals surface area contributed by atoms with Crippen molar-refractivity contribution in [3.63, 3.8) is 0 Å². The summed E-state index contributed by atoms with van der Waals surface area (Å²) in [7, 11) is 0. The zero-order chi connectivity index (χ0) is 24.5. The lowest BCUT2D eigenvalue weighted by Gasteiger charge is -2.38. The summed E-state index contributed by atoms with van der Waals surface area (Å²) in [5.41, 5.74) is 1.55. The second-order valence-corrected chi connectivity index (χ2v) is 8.24. The van der Waals surface area contributed by atoms with Gasteiger partial charge in [-0.05, 0) is 73.0 Å². The highest BCUT2D eigenvalue weighted by molar-refractivity contribution is 6.30. The lowest BCUT2D eigenvalue weighted by Crippen LogP contribution is -2.41. The molecule has 0 unspecified atom stereocenters. The SMILES string of the molecule is CCOc1cc2c(cc1OCC)[C@H](c1ccc(Cl)cc1)N(c1cccc(C(F)(F)F)c1)C(=O)C2. The van der Waals surface area contributed by atoms with E-state index in [0.717, 1.165) is 23.3 Å². The molecule has 0 N–H and O–H groups in total. The van der Waals surface area contributed by atoms with Gasteiger partial charge in [-0.3, -0.25) is 4.79 Å². The van der Waals surface area contributed by atoms with Crippen molar-refractivity contribution in [1.82, 2.24) is 0 Å². The summed E-state index contributed by atoms with van der Waals surface area (Å²) >= 11 is 6.08. The highest BCUT2D eigenvalue weighted by Gasteiger charge is 2.37. The fourth-order valence-electron chi connectivity index (χ4n) is 4.19. The standard InChI is InChI=1S/C26H23ClF3NO3/c1-3-33-22-12-17-13-24(32)31(20-7-5-6-18(14-20)26(28,29)30)25(16-8-10-19(27)11-9-16)21(17)15-23(22)34-4-2/h5-12,14-15,25H,3-4,13H2,1-2H3/t25-/m0/s1. The van der Waals surface area contributed by atoms with Crippen LogP contribution in [0.1, 0.15) is 42.1 Å².